The zero-order valence-corrected chi connectivity index (χ0v) is 13.8. The van der Waals surface area contributed by atoms with Crippen molar-refractivity contribution >= 4 is 5.69 Å². The molecular weight excluding hydrogens is 288 g/mol. The van der Waals surface area contributed by atoms with Gasteiger partial charge in [-0.3, -0.25) is 0 Å². The van der Waals surface area contributed by atoms with Gasteiger partial charge in [-0.15, -0.1) is 0 Å². The molecule has 0 aliphatic rings. The smallest absolute Gasteiger partial charge is 0.119 e. The van der Waals surface area contributed by atoms with Gasteiger partial charge in [0, 0.05) is 26.2 Å². The number of ether oxygens (including phenoxy) is 2. The molecule has 0 N–H and O–H groups in total. The summed E-state index contributed by atoms with van der Waals surface area (Å²) in [6.45, 7) is 0.497. The van der Waals surface area contributed by atoms with Crippen LogP contribution < -0.4 is 14.4 Å². The Morgan fingerprint density at radius 3 is 2.39 bits per heavy atom. The van der Waals surface area contributed by atoms with Gasteiger partial charge in [-0.05, 0) is 42.0 Å². The van der Waals surface area contributed by atoms with Gasteiger partial charge in [0.1, 0.15) is 11.5 Å². The van der Waals surface area contributed by atoms with Crippen LogP contribution in [0.5, 0.6) is 11.5 Å². The minimum Gasteiger partial charge on any atom is -0.497 e. The van der Waals surface area contributed by atoms with Crippen molar-refractivity contribution in [2.24, 2.45) is 0 Å². The van der Waals surface area contributed by atoms with E-state index in [2.05, 4.69) is 12.1 Å². The summed E-state index contributed by atoms with van der Waals surface area (Å²) in [5.74, 6) is 1.41. The summed E-state index contributed by atoms with van der Waals surface area (Å²) in [6, 6.07) is 17.9. The van der Waals surface area contributed by atoms with E-state index in [1.165, 1.54) is 0 Å². The van der Waals surface area contributed by atoms with Gasteiger partial charge in [0.25, 0.3) is 0 Å². The molecule has 2 aromatic carbocycles. The molecule has 2 rings (SSSR count). The summed E-state index contributed by atoms with van der Waals surface area (Å²) < 4.78 is 10.8. The fraction of sp³-hybridized carbons (Fsp3) is 0.316. The van der Waals surface area contributed by atoms with E-state index in [4.69, 9.17) is 9.47 Å². The van der Waals surface area contributed by atoms with Gasteiger partial charge in [-0.25, -0.2) is 0 Å². The SMILES string of the molecule is COc1ccc(OCCC(C#N)c2cccc(N(C)C)c2)cc1. The predicted octanol–water partition coefficient (Wildman–Crippen LogP) is 3.84. The van der Waals surface area contributed by atoms with Crippen LogP contribution in [0.2, 0.25) is 0 Å². The van der Waals surface area contributed by atoms with Crippen LogP contribution in [0.1, 0.15) is 17.9 Å². The zero-order chi connectivity index (χ0) is 16.7. The van der Waals surface area contributed by atoms with Crippen molar-refractivity contribution < 1.29 is 9.47 Å². The highest BCUT2D eigenvalue weighted by Gasteiger charge is 2.12. The number of anilines is 1. The van der Waals surface area contributed by atoms with Crippen LogP contribution in [-0.4, -0.2) is 27.8 Å². The molecule has 4 heteroatoms. The van der Waals surface area contributed by atoms with Crippen molar-refractivity contribution in [3.05, 3.63) is 54.1 Å². The maximum atomic E-state index is 9.44. The Hall–Kier alpha value is -2.67. The second kappa shape index (κ2) is 8.09. The van der Waals surface area contributed by atoms with E-state index < -0.39 is 0 Å². The van der Waals surface area contributed by atoms with Crippen LogP contribution in [0.3, 0.4) is 0 Å². The lowest BCUT2D eigenvalue weighted by molar-refractivity contribution is 0.305. The van der Waals surface area contributed by atoms with E-state index in [9.17, 15) is 5.26 Å². The number of benzene rings is 2. The molecule has 0 spiro atoms. The molecule has 120 valence electrons. The van der Waals surface area contributed by atoms with Crippen molar-refractivity contribution in [2.45, 2.75) is 12.3 Å². The molecule has 1 unspecified atom stereocenters. The van der Waals surface area contributed by atoms with Crippen LogP contribution in [-0.2, 0) is 0 Å². The van der Waals surface area contributed by atoms with Gasteiger partial charge >= 0.3 is 0 Å². The summed E-state index contributed by atoms with van der Waals surface area (Å²) in [5, 5.41) is 9.44. The Morgan fingerprint density at radius 2 is 1.78 bits per heavy atom. The fourth-order valence-corrected chi connectivity index (χ4v) is 2.29. The summed E-state index contributed by atoms with van der Waals surface area (Å²) >= 11 is 0. The van der Waals surface area contributed by atoms with E-state index in [1.54, 1.807) is 7.11 Å². The lowest BCUT2D eigenvalue weighted by Gasteiger charge is -2.16. The fourth-order valence-electron chi connectivity index (χ4n) is 2.29. The minimum absolute atomic E-state index is 0.173. The number of rotatable bonds is 7. The lowest BCUT2D eigenvalue weighted by atomic mass is 9.97. The third-order valence-electron chi connectivity index (χ3n) is 3.68. The quantitative estimate of drug-likeness (QED) is 0.779. The van der Waals surface area contributed by atoms with Gasteiger partial charge in [0.05, 0.1) is 25.7 Å². The third kappa shape index (κ3) is 4.65. The molecule has 0 saturated carbocycles. The van der Waals surface area contributed by atoms with Crippen LogP contribution >= 0.6 is 0 Å². The van der Waals surface area contributed by atoms with Crippen molar-refractivity contribution in [1.29, 1.82) is 5.26 Å². The highest BCUT2D eigenvalue weighted by atomic mass is 16.5. The van der Waals surface area contributed by atoms with Gasteiger partial charge in [0.2, 0.25) is 0 Å². The predicted molar refractivity (Wildman–Crippen MR) is 92.2 cm³/mol. The highest BCUT2D eigenvalue weighted by Crippen LogP contribution is 2.24. The van der Waals surface area contributed by atoms with Crippen molar-refractivity contribution in [3.63, 3.8) is 0 Å². The first-order chi connectivity index (χ1) is 11.1. The topological polar surface area (TPSA) is 45.5 Å². The Balaban J connectivity index is 1.94. The van der Waals surface area contributed by atoms with E-state index in [0.29, 0.717) is 13.0 Å². The van der Waals surface area contributed by atoms with Crippen molar-refractivity contribution in [3.8, 4) is 17.6 Å². The summed E-state index contributed by atoms with van der Waals surface area (Å²) in [6.07, 6.45) is 0.652. The number of hydrogen-bond donors (Lipinski definition) is 0. The Kier molecular flexibility index (Phi) is 5.87. The average Bonchev–Trinajstić information content (AvgIpc) is 2.59. The van der Waals surface area contributed by atoms with Gasteiger partial charge in [0.15, 0.2) is 0 Å². The first kappa shape index (κ1) is 16.7. The molecule has 0 bridgehead atoms. The second-order valence-electron chi connectivity index (χ2n) is 5.48. The molecule has 0 fully saturated rings. The Bertz CT molecular complexity index is 660. The van der Waals surface area contributed by atoms with Crippen LogP contribution in [0, 0.1) is 11.3 Å². The number of hydrogen-bond acceptors (Lipinski definition) is 4. The zero-order valence-electron chi connectivity index (χ0n) is 13.8. The minimum atomic E-state index is -0.173. The summed E-state index contributed by atoms with van der Waals surface area (Å²) in [4.78, 5) is 2.03. The molecular formula is C19H22N2O2. The number of methoxy groups -OCH3 is 1. The Morgan fingerprint density at radius 1 is 1.09 bits per heavy atom. The van der Waals surface area contributed by atoms with Crippen LogP contribution in [0.4, 0.5) is 5.69 Å². The lowest BCUT2D eigenvalue weighted by Crippen LogP contribution is -2.10. The van der Waals surface area contributed by atoms with Crippen molar-refractivity contribution in [1.82, 2.24) is 0 Å². The third-order valence-corrected chi connectivity index (χ3v) is 3.68. The van der Waals surface area contributed by atoms with Crippen LogP contribution in [0.25, 0.3) is 0 Å². The maximum Gasteiger partial charge on any atom is 0.119 e. The standard InChI is InChI=1S/C19H22N2O2/c1-21(2)17-6-4-5-15(13-17)16(14-20)11-12-23-19-9-7-18(22-3)8-10-19/h4-10,13,16H,11-12H2,1-3H3. The number of nitrogens with zero attached hydrogens (tertiary/aromatic N) is 2. The molecule has 0 amide bonds. The van der Waals surface area contributed by atoms with E-state index >= 15 is 0 Å². The molecule has 1 atom stereocenters. The Labute approximate surface area is 137 Å². The monoisotopic (exact) mass is 310 g/mol. The number of nitriles is 1. The molecule has 0 aromatic heterocycles. The molecule has 0 aliphatic heterocycles. The summed E-state index contributed by atoms with van der Waals surface area (Å²) in [5.41, 5.74) is 2.12. The normalized spacial score (nSPS) is 11.4. The molecule has 0 saturated heterocycles. The van der Waals surface area contributed by atoms with E-state index in [1.807, 2.05) is 61.5 Å². The van der Waals surface area contributed by atoms with Crippen LogP contribution in [0.15, 0.2) is 48.5 Å². The molecule has 0 aliphatic carbocycles. The first-order valence-electron chi connectivity index (χ1n) is 7.58. The molecule has 2 aromatic rings. The van der Waals surface area contributed by atoms with Crippen molar-refractivity contribution in [2.75, 3.05) is 32.7 Å². The second-order valence-corrected chi connectivity index (χ2v) is 5.48. The first-order valence-corrected chi connectivity index (χ1v) is 7.58. The molecule has 4 nitrogen and oxygen atoms in total. The molecule has 0 radical (unpaired) electrons. The average molecular weight is 310 g/mol. The maximum absolute atomic E-state index is 9.44. The van der Waals surface area contributed by atoms with Gasteiger partial charge in [-0.2, -0.15) is 5.26 Å². The largest absolute Gasteiger partial charge is 0.497 e. The highest BCUT2D eigenvalue weighted by molar-refractivity contribution is 5.48. The molecule has 23 heavy (non-hydrogen) atoms. The van der Waals surface area contributed by atoms with E-state index in [-0.39, 0.29) is 5.92 Å². The molecule has 0 heterocycles. The van der Waals surface area contributed by atoms with Gasteiger partial charge < -0.3 is 14.4 Å². The van der Waals surface area contributed by atoms with E-state index in [0.717, 1.165) is 22.7 Å². The van der Waals surface area contributed by atoms with Gasteiger partial charge in [-0.1, -0.05) is 12.1 Å². The summed E-state index contributed by atoms with van der Waals surface area (Å²) in [7, 11) is 5.62.